The fourth-order valence-electron chi connectivity index (χ4n) is 4.02. The number of hydrogen-bond acceptors (Lipinski definition) is 4. The van der Waals surface area contributed by atoms with E-state index in [0.29, 0.717) is 16.4 Å². The highest BCUT2D eigenvalue weighted by Gasteiger charge is 2.37. The van der Waals surface area contributed by atoms with Crippen LogP contribution in [0.2, 0.25) is 15.1 Å². The van der Waals surface area contributed by atoms with Crippen molar-refractivity contribution in [1.29, 1.82) is 0 Å². The van der Waals surface area contributed by atoms with E-state index in [2.05, 4.69) is 5.32 Å². The van der Waals surface area contributed by atoms with Crippen LogP contribution in [0.3, 0.4) is 0 Å². The number of nitrogens with zero attached hydrogens (tertiary/aromatic N) is 2. The molecule has 0 bridgehead atoms. The molecule has 0 spiro atoms. The molecular weight excluding hydrogens is 650 g/mol. The Bertz CT molecular complexity index is 1580. The monoisotopic (exact) mass is 677 g/mol. The van der Waals surface area contributed by atoms with Gasteiger partial charge in [-0.2, -0.15) is 13.2 Å². The molecule has 2 amide bonds. The molecule has 7 nitrogen and oxygen atoms in total. The predicted octanol–water partition coefficient (Wildman–Crippen LogP) is 7.19. The van der Waals surface area contributed by atoms with E-state index >= 15 is 0 Å². The molecule has 3 aromatic carbocycles. The maximum Gasteiger partial charge on any atom is 0.416 e. The first-order valence-electron chi connectivity index (χ1n) is 12.8. The summed E-state index contributed by atoms with van der Waals surface area (Å²) in [5, 5.41) is 2.79. The lowest BCUT2D eigenvalue weighted by Gasteiger charge is -2.34. The summed E-state index contributed by atoms with van der Waals surface area (Å²) >= 11 is 19.0. The Morgan fingerprint density at radius 2 is 1.47 bits per heavy atom. The zero-order valence-corrected chi connectivity index (χ0v) is 26.6. The molecule has 0 saturated carbocycles. The minimum absolute atomic E-state index is 0.184. The first kappa shape index (κ1) is 34.5. The van der Waals surface area contributed by atoms with Gasteiger partial charge in [-0.15, -0.1) is 0 Å². The Kier molecular flexibility index (Phi) is 10.7. The van der Waals surface area contributed by atoms with Crippen LogP contribution in [0.4, 0.5) is 18.9 Å². The number of benzene rings is 3. The normalized spacial score (nSPS) is 12.9. The molecule has 0 saturated heterocycles. The number of sulfonamides is 1. The summed E-state index contributed by atoms with van der Waals surface area (Å²) in [5.41, 5.74) is -2.15. The molecule has 0 radical (unpaired) electrons. The predicted molar refractivity (Wildman–Crippen MR) is 162 cm³/mol. The third-order valence-electron chi connectivity index (χ3n) is 6.21. The van der Waals surface area contributed by atoms with Gasteiger partial charge in [0.25, 0.3) is 10.0 Å². The quantitative estimate of drug-likeness (QED) is 0.260. The zero-order valence-electron chi connectivity index (χ0n) is 23.5. The molecule has 43 heavy (non-hydrogen) atoms. The number of amides is 2. The highest BCUT2D eigenvalue weighted by molar-refractivity contribution is 7.92. The van der Waals surface area contributed by atoms with Crippen molar-refractivity contribution < 1.29 is 31.2 Å². The van der Waals surface area contributed by atoms with Crippen molar-refractivity contribution >= 4 is 62.3 Å². The highest BCUT2D eigenvalue weighted by Crippen LogP contribution is 2.37. The first-order valence-corrected chi connectivity index (χ1v) is 15.4. The fourth-order valence-corrected chi connectivity index (χ4v) is 6.26. The Morgan fingerprint density at radius 3 is 2.00 bits per heavy atom. The van der Waals surface area contributed by atoms with Crippen molar-refractivity contribution in [2.75, 3.05) is 10.8 Å². The summed E-state index contributed by atoms with van der Waals surface area (Å²) in [6.07, 6.45) is -4.84. The Balaban J connectivity index is 2.17. The SMILES string of the molecule is CC(C(=O)NC(C)(C)C)N(Cc1c(Cl)cccc1Cl)C(=O)CN(c1cc(C(F)(F)F)ccc1Cl)S(=O)(=O)c1ccccc1. The van der Waals surface area contributed by atoms with E-state index in [1.54, 1.807) is 32.9 Å². The van der Waals surface area contributed by atoms with Gasteiger partial charge < -0.3 is 10.2 Å². The maximum absolute atomic E-state index is 14.0. The smallest absolute Gasteiger partial charge is 0.350 e. The number of carbonyl (C=O) groups excluding carboxylic acids is 2. The average molecular weight is 679 g/mol. The van der Waals surface area contributed by atoms with Crippen LogP contribution in [0.15, 0.2) is 71.6 Å². The number of nitrogens with one attached hydrogen (secondary N) is 1. The van der Waals surface area contributed by atoms with Crippen molar-refractivity contribution in [3.8, 4) is 0 Å². The lowest BCUT2D eigenvalue weighted by Crippen LogP contribution is -2.54. The van der Waals surface area contributed by atoms with Gasteiger partial charge in [-0.1, -0.05) is 59.1 Å². The third-order valence-corrected chi connectivity index (χ3v) is 9.01. The molecule has 14 heteroatoms. The van der Waals surface area contributed by atoms with Crippen LogP contribution >= 0.6 is 34.8 Å². The average Bonchev–Trinajstić information content (AvgIpc) is 2.90. The van der Waals surface area contributed by atoms with Crippen LogP contribution in [0.5, 0.6) is 0 Å². The van der Waals surface area contributed by atoms with Crippen LogP contribution in [0, 0.1) is 0 Å². The number of hydrogen-bond donors (Lipinski definition) is 1. The first-order chi connectivity index (χ1) is 19.8. The van der Waals surface area contributed by atoms with Crippen molar-refractivity contribution in [2.45, 2.75) is 56.9 Å². The van der Waals surface area contributed by atoms with E-state index in [1.807, 2.05) is 0 Å². The second kappa shape index (κ2) is 13.3. The molecule has 0 aliphatic carbocycles. The molecule has 0 aromatic heterocycles. The van der Waals surface area contributed by atoms with E-state index in [9.17, 15) is 31.2 Å². The van der Waals surface area contributed by atoms with Gasteiger partial charge in [0, 0.05) is 27.7 Å². The second-order valence-corrected chi connectivity index (χ2v) is 13.7. The fraction of sp³-hybridized carbons (Fsp3) is 0.310. The standard InChI is InChI=1S/C29H29Cl3F3N3O4S/c1-18(27(40)36-28(2,3)4)37(16-21-22(30)11-8-12-23(21)31)26(39)17-38(43(41,42)20-9-6-5-7-10-20)25-15-19(29(33,34)35)13-14-24(25)32/h5-15,18H,16-17H2,1-4H3,(H,36,40). The minimum Gasteiger partial charge on any atom is -0.350 e. The highest BCUT2D eigenvalue weighted by atomic mass is 35.5. The van der Waals surface area contributed by atoms with Crippen LogP contribution in [-0.2, 0) is 32.3 Å². The van der Waals surface area contributed by atoms with Crippen molar-refractivity contribution in [2.24, 2.45) is 0 Å². The van der Waals surface area contributed by atoms with E-state index in [0.717, 1.165) is 11.0 Å². The van der Waals surface area contributed by atoms with Crippen LogP contribution in [0.25, 0.3) is 0 Å². The van der Waals surface area contributed by atoms with Gasteiger partial charge >= 0.3 is 6.18 Å². The van der Waals surface area contributed by atoms with Crippen molar-refractivity contribution in [3.05, 3.63) is 92.9 Å². The van der Waals surface area contributed by atoms with Gasteiger partial charge in [-0.25, -0.2) is 8.42 Å². The Hall–Kier alpha value is -2.99. The van der Waals surface area contributed by atoms with Gasteiger partial charge in [0.1, 0.15) is 12.6 Å². The molecule has 1 atom stereocenters. The summed E-state index contributed by atoms with van der Waals surface area (Å²) in [6.45, 7) is 5.31. The van der Waals surface area contributed by atoms with Gasteiger partial charge in [0.15, 0.2) is 0 Å². The van der Waals surface area contributed by atoms with Crippen LogP contribution < -0.4 is 9.62 Å². The van der Waals surface area contributed by atoms with E-state index in [4.69, 9.17) is 34.8 Å². The van der Waals surface area contributed by atoms with Crippen LogP contribution in [-0.4, -0.2) is 43.3 Å². The topological polar surface area (TPSA) is 86.8 Å². The summed E-state index contributed by atoms with van der Waals surface area (Å²) in [5.74, 6) is -1.50. The largest absolute Gasteiger partial charge is 0.416 e. The molecular formula is C29H29Cl3F3N3O4S. The molecule has 0 aliphatic heterocycles. The Labute approximate surface area is 263 Å². The lowest BCUT2D eigenvalue weighted by molar-refractivity contribution is -0.140. The zero-order chi connectivity index (χ0) is 32.3. The molecule has 1 unspecified atom stereocenters. The number of anilines is 1. The molecule has 3 aromatic rings. The molecule has 3 rings (SSSR count). The molecule has 0 aliphatic rings. The number of carbonyl (C=O) groups is 2. The summed E-state index contributed by atoms with van der Waals surface area (Å²) < 4.78 is 69.2. The lowest BCUT2D eigenvalue weighted by atomic mass is 10.1. The number of halogens is 6. The summed E-state index contributed by atoms with van der Waals surface area (Å²) in [7, 11) is -4.65. The van der Waals surface area contributed by atoms with Crippen molar-refractivity contribution in [3.63, 3.8) is 0 Å². The van der Waals surface area contributed by atoms with Crippen LogP contribution in [0.1, 0.15) is 38.8 Å². The molecule has 0 heterocycles. The number of rotatable bonds is 9. The second-order valence-electron chi connectivity index (χ2n) is 10.6. The van der Waals surface area contributed by atoms with E-state index in [-0.39, 0.29) is 32.1 Å². The Morgan fingerprint density at radius 1 is 0.884 bits per heavy atom. The number of alkyl halides is 3. The molecule has 0 fully saturated rings. The van der Waals surface area contributed by atoms with E-state index in [1.165, 1.54) is 43.3 Å². The van der Waals surface area contributed by atoms with Gasteiger partial charge in [-0.05, 0) is 70.2 Å². The molecule has 1 N–H and O–H groups in total. The van der Waals surface area contributed by atoms with Gasteiger partial charge in [0.05, 0.1) is 21.2 Å². The minimum atomic E-state index is -4.84. The van der Waals surface area contributed by atoms with Gasteiger partial charge in [0.2, 0.25) is 11.8 Å². The van der Waals surface area contributed by atoms with Gasteiger partial charge in [-0.3, -0.25) is 13.9 Å². The van der Waals surface area contributed by atoms with E-state index < -0.39 is 57.4 Å². The summed E-state index contributed by atoms with van der Waals surface area (Å²) in [6, 6.07) is 12.5. The third kappa shape index (κ3) is 8.56. The summed E-state index contributed by atoms with van der Waals surface area (Å²) in [4.78, 5) is 28.0. The molecule has 232 valence electrons. The van der Waals surface area contributed by atoms with Crippen molar-refractivity contribution in [1.82, 2.24) is 10.2 Å². The maximum atomic E-state index is 14.0.